The highest BCUT2D eigenvalue weighted by Crippen LogP contribution is 2.09. The van der Waals surface area contributed by atoms with Gasteiger partial charge in [0.05, 0.1) is 6.54 Å². The highest BCUT2D eigenvalue weighted by molar-refractivity contribution is 7.98. The van der Waals surface area contributed by atoms with E-state index >= 15 is 0 Å². The number of hydrogen-bond donors (Lipinski definition) is 1. The van der Waals surface area contributed by atoms with E-state index in [0.717, 1.165) is 25.4 Å². The molecule has 100 valence electrons. The molecule has 1 heterocycles. The van der Waals surface area contributed by atoms with Crippen molar-refractivity contribution in [2.24, 2.45) is 5.92 Å². The number of rotatable bonds is 6. The Kier molecular flexibility index (Phi) is 7.69. The molecule has 0 aromatic carbocycles. The minimum absolute atomic E-state index is 0.281. The predicted molar refractivity (Wildman–Crippen MR) is 75.5 cm³/mol. The van der Waals surface area contributed by atoms with Gasteiger partial charge in [-0.15, -0.1) is 0 Å². The van der Waals surface area contributed by atoms with Crippen LogP contribution < -0.4 is 5.32 Å². The maximum Gasteiger partial charge on any atom is 0.236 e. The SMILES string of the molecule is CSCC(C)CNCC(=O)N1CCCCCC1. The van der Waals surface area contributed by atoms with Gasteiger partial charge in [0.25, 0.3) is 0 Å². The Hall–Kier alpha value is -0.220. The zero-order chi connectivity index (χ0) is 12.5. The van der Waals surface area contributed by atoms with Gasteiger partial charge in [0, 0.05) is 13.1 Å². The summed E-state index contributed by atoms with van der Waals surface area (Å²) in [6.07, 6.45) is 7.03. The van der Waals surface area contributed by atoms with Gasteiger partial charge < -0.3 is 10.2 Å². The first-order chi connectivity index (χ1) is 8.24. The van der Waals surface area contributed by atoms with E-state index in [9.17, 15) is 4.79 Å². The molecule has 0 aliphatic carbocycles. The number of nitrogens with one attached hydrogen (secondary N) is 1. The molecule has 1 saturated heterocycles. The summed E-state index contributed by atoms with van der Waals surface area (Å²) in [5.41, 5.74) is 0. The fourth-order valence-corrected chi connectivity index (χ4v) is 2.89. The molecule has 0 aromatic rings. The van der Waals surface area contributed by atoms with Crippen LogP contribution in [-0.2, 0) is 4.79 Å². The first-order valence-electron chi connectivity index (χ1n) is 6.71. The number of likely N-dealkylation sites (tertiary alicyclic amines) is 1. The molecule has 0 saturated carbocycles. The average molecular weight is 258 g/mol. The van der Waals surface area contributed by atoms with Crippen LogP contribution in [0.25, 0.3) is 0 Å². The monoisotopic (exact) mass is 258 g/mol. The van der Waals surface area contributed by atoms with E-state index in [1.807, 2.05) is 16.7 Å². The Morgan fingerprint density at radius 3 is 2.53 bits per heavy atom. The van der Waals surface area contributed by atoms with Crippen molar-refractivity contribution in [3.05, 3.63) is 0 Å². The molecule has 1 amide bonds. The lowest BCUT2D eigenvalue weighted by Crippen LogP contribution is -2.39. The third kappa shape index (κ3) is 6.32. The van der Waals surface area contributed by atoms with E-state index in [2.05, 4.69) is 18.5 Å². The first kappa shape index (κ1) is 14.8. The molecule has 1 unspecified atom stereocenters. The molecule has 1 N–H and O–H groups in total. The van der Waals surface area contributed by atoms with E-state index in [0.29, 0.717) is 12.5 Å². The van der Waals surface area contributed by atoms with E-state index in [-0.39, 0.29) is 5.91 Å². The van der Waals surface area contributed by atoms with Gasteiger partial charge in [-0.3, -0.25) is 4.79 Å². The van der Waals surface area contributed by atoms with Crippen LogP contribution in [0, 0.1) is 5.92 Å². The molecule has 1 atom stereocenters. The van der Waals surface area contributed by atoms with Gasteiger partial charge in [0.2, 0.25) is 5.91 Å². The van der Waals surface area contributed by atoms with Crippen molar-refractivity contribution in [1.29, 1.82) is 0 Å². The standard InChI is InChI=1S/C13H26N2OS/c1-12(11-17-2)9-14-10-13(16)15-7-5-3-4-6-8-15/h12,14H,3-11H2,1-2H3. The van der Waals surface area contributed by atoms with Crippen LogP contribution in [0.5, 0.6) is 0 Å². The molecule has 3 nitrogen and oxygen atoms in total. The normalized spacial score (nSPS) is 18.8. The molecular formula is C13H26N2OS. The van der Waals surface area contributed by atoms with E-state index in [4.69, 9.17) is 0 Å². The molecular weight excluding hydrogens is 232 g/mol. The van der Waals surface area contributed by atoms with E-state index in [1.165, 1.54) is 25.7 Å². The highest BCUT2D eigenvalue weighted by Gasteiger charge is 2.14. The molecule has 0 bridgehead atoms. The summed E-state index contributed by atoms with van der Waals surface area (Å²) >= 11 is 1.86. The van der Waals surface area contributed by atoms with Crippen molar-refractivity contribution in [2.75, 3.05) is 38.2 Å². The molecule has 0 aromatic heterocycles. The highest BCUT2D eigenvalue weighted by atomic mass is 32.2. The topological polar surface area (TPSA) is 32.3 Å². The van der Waals surface area contributed by atoms with Gasteiger partial charge in [-0.2, -0.15) is 11.8 Å². The zero-order valence-corrected chi connectivity index (χ0v) is 12.0. The van der Waals surface area contributed by atoms with E-state index < -0.39 is 0 Å². The van der Waals surface area contributed by atoms with Crippen molar-refractivity contribution in [3.8, 4) is 0 Å². The summed E-state index contributed by atoms with van der Waals surface area (Å²) in [7, 11) is 0. The third-order valence-electron chi connectivity index (χ3n) is 3.18. The summed E-state index contributed by atoms with van der Waals surface area (Å²) in [5, 5.41) is 3.28. The first-order valence-corrected chi connectivity index (χ1v) is 8.11. The van der Waals surface area contributed by atoms with Crippen LogP contribution in [0.2, 0.25) is 0 Å². The molecule has 17 heavy (non-hydrogen) atoms. The van der Waals surface area contributed by atoms with Crippen LogP contribution in [0.1, 0.15) is 32.6 Å². The number of carbonyl (C=O) groups excluding carboxylic acids is 1. The Bertz CT molecular complexity index is 215. The molecule has 0 spiro atoms. The van der Waals surface area contributed by atoms with Crippen LogP contribution in [0.15, 0.2) is 0 Å². The second-order valence-electron chi connectivity index (χ2n) is 4.99. The van der Waals surface area contributed by atoms with Crippen molar-refractivity contribution < 1.29 is 4.79 Å². The summed E-state index contributed by atoms with van der Waals surface area (Å²) in [6.45, 7) is 5.60. The Balaban J connectivity index is 2.15. The second-order valence-corrected chi connectivity index (χ2v) is 5.90. The molecule has 4 heteroatoms. The Morgan fingerprint density at radius 1 is 1.29 bits per heavy atom. The smallest absolute Gasteiger partial charge is 0.236 e. The molecule has 1 rings (SSSR count). The lowest BCUT2D eigenvalue weighted by molar-refractivity contribution is -0.130. The van der Waals surface area contributed by atoms with Crippen LogP contribution >= 0.6 is 11.8 Å². The largest absolute Gasteiger partial charge is 0.342 e. The van der Waals surface area contributed by atoms with Gasteiger partial charge in [0.15, 0.2) is 0 Å². The lowest BCUT2D eigenvalue weighted by Gasteiger charge is -2.21. The molecule has 1 aliphatic rings. The quantitative estimate of drug-likeness (QED) is 0.790. The molecule has 0 radical (unpaired) electrons. The fourth-order valence-electron chi connectivity index (χ4n) is 2.20. The molecule has 1 aliphatic heterocycles. The van der Waals surface area contributed by atoms with Gasteiger partial charge in [-0.05, 0) is 37.3 Å². The van der Waals surface area contributed by atoms with Crippen LogP contribution in [0.4, 0.5) is 0 Å². The van der Waals surface area contributed by atoms with Crippen molar-refractivity contribution >= 4 is 17.7 Å². The number of amides is 1. The van der Waals surface area contributed by atoms with Gasteiger partial charge in [-0.25, -0.2) is 0 Å². The number of carbonyl (C=O) groups is 1. The van der Waals surface area contributed by atoms with Crippen LogP contribution in [-0.4, -0.2) is 49.0 Å². The zero-order valence-electron chi connectivity index (χ0n) is 11.2. The van der Waals surface area contributed by atoms with Crippen molar-refractivity contribution in [3.63, 3.8) is 0 Å². The maximum absolute atomic E-state index is 11.9. The fraction of sp³-hybridized carbons (Fsp3) is 0.923. The maximum atomic E-state index is 11.9. The van der Waals surface area contributed by atoms with Gasteiger partial charge >= 0.3 is 0 Å². The number of thioether (sulfide) groups is 1. The minimum atomic E-state index is 0.281. The summed E-state index contributed by atoms with van der Waals surface area (Å²) < 4.78 is 0. The van der Waals surface area contributed by atoms with E-state index in [1.54, 1.807) is 0 Å². The van der Waals surface area contributed by atoms with Crippen molar-refractivity contribution in [2.45, 2.75) is 32.6 Å². The second kappa shape index (κ2) is 8.81. The van der Waals surface area contributed by atoms with Gasteiger partial charge in [0.1, 0.15) is 0 Å². The Labute approximate surface area is 110 Å². The summed E-state index contributed by atoms with van der Waals surface area (Å²) in [5.74, 6) is 2.08. The summed E-state index contributed by atoms with van der Waals surface area (Å²) in [4.78, 5) is 14.0. The van der Waals surface area contributed by atoms with Crippen molar-refractivity contribution in [1.82, 2.24) is 10.2 Å². The lowest BCUT2D eigenvalue weighted by atomic mass is 10.2. The van der Waals surface area contributed by atoms with Crippen LogP contribution in [0.3, 0.4) is 0 Å². The minimum Gasteiger partial charge on any atom is -0.342 e. The molecule has 1 fully saturated rings. The van der Waals surface area contributed by atoms with Gasteiger partial charge in [-0.1, -0.05) is 19.8 Å². The summed E-state index contributed by atoms with van der Waals surface area (Å²) in [6, 6.07) is 0. The predicted octanol–water partition coefficient (Wildman–Crippen LogP) is 1.98. The number of nitrogens with zero attached hydrogens (tertiary/aromatic N) is 1. The Morgan fingerprint density at radius 2 is 1.94 bits per heavy atom. The number of hydrogen-bond acceptors (Lipinski definition) is 3. The average Bonchev–Trinajstić information content (AvgIpc) is 2.57. The third-order valence-corrected chi connectivity index (χ3v) is 4.08.